The van der Waals surface area contributed by atoms with Gasteiger partial charge >= 0.3 is 5.97 Å². The number of imide groups is 1. The highest BCUT2D eigenvalue weighted by Gasteiger charge is 2.44. The zero-order chi connectivity index (χ0) is 21.4. The first-order valence-electron chi connectivity index (χ1n) is 10.1. The van der Waals surface area contributed by atoms with Crippen LogP contribution in [0.2, 0.25) is 0 Å². The van der Waals surface area contributed by atoms with E-state index in [1.54, 1.807) is 19.1 Å². The third kappa shape index (κ3) is 3.86. The fourth-order valence-electron chi connectivity index (χ4n) is 3.93. The van der Waals surface area contributed by atoms with Gasteiger partial charge in [0.15, 0.2) is 0 Å². The van der Waals surface area contributed by atoms with E-state index in [4.69, 9.17) is 10.5 Å². The Bertz CT molecular complexity index is 999. The van der Waals surface area contributed by atoms with Crippen LogP contribution in [0, 0.1) is 5.92 Å². The summed E-state index contributed by atoms with van der Waals surface area (Å²) in [5.74, 6) is -0.489. The molecule has 2 atom stereocenters. The molecule has 0 radical (unpaired) electrons. The molecule has 2 aromatic rings. The average Bonchev–Trinajstić information content (AvgIpc) is 3.19. The van der Waals surface area contributed by atoms with Gasteiger partial charge in [-0.3, -0.25) is 9.59 Å². The van der Waals surface area contributed by atoms with Crippen LogP contribution in [0.5, 0.6) is 0 Å². The standard InChI is InChI=1S/C22H24N2O4S2/c1-3-28-22(27)19-15-9-4-12(2)10-16(15)30-21(19)24-18(25)11-17(20(24)26)29-14-7-5-13(23)6-8-14/h5-8,12,17H,3-4,9-11,23H2,1-2H3. The van der Waals surface area contributed by atoms with Crippen LogP contribution in [0.25, 0.3) is 0 Å². The molecule has 2 heterocycles. The molecule has 158 valence electrons. The number of nitrogens with zero attached hydrogens (tertiary/aromatic N) is 1. The average molecular weight is 445 g/mol. The number of amides is 2. The Morgan fingerprint density at radius 1 is 1.27 bits per heavy atom. The van der Waals surface area contributed by atoms with Gasteiger partial charge in [0, 0.05) is 21.9 Å². The number of nitrogens with two attached hydrogens (primary N) is 1. The summed E-state index contributed by atoms with van der Waals surface area (Å²) in [6, 6.07) is 7.23. The molecule has 1 aliphatic carbocycles. The first-order valence-corrected chi connectivity index (χ1v) is 11.8. The van der Waals surface area contributed by atoms with E-state index >= 15 is 0 Å². The van der Waals surface area contributed by atoms with E-state index in [1.165, 1.54) is 28.0 Å². The van der Waals surface area contributed by atoms with Gasteiger partial charge < -0.3 is 10.5 Å². The maximum atomic E-state index is 13.2. The van der Waals surface area contributed by atoms with Crippen LogP contribution in [0.4, 0.5) is 10.7 Å². The van der Waals surface area contributed by atoms with E-state index in [9.17, 15) is 14.4 Å². The monoisotopic (exact) mass is 444 g/mol. The molecule has 0 saturated carbocycles. The Hall–Kier alpha value is -2.32. The summed E-state index contributed by atoms with van der Waals surface area (Å²) < 4.78 is 5.29. The number of thiophene rings is 1. The SMILES string of the molecule is CCOC(=O)c1c(N2C(=O)CC(Sc3ccc(N)cc3)C2=O)sc2c1CCC(C)C2. The molecule has 2 unspecified atom stereocenters. The summed E-state index contributed by atoms with van der Waals surface area (Å²) >= 11 is 2.74. The van der Waals surface area contributed by atoms with Gasteiger partial charge in [0.2, 0.25) is 11.8 Å². The lowest BCUT2D eigenvalue weighted by molar-refractivity contribution is -0.121. The van der Waals surface area contributed by atoms with Crippen molar-refractivity contribution in [3.63, 3.8) is 0 Å². The van der Waals surface area contributed by atoms with Crippen LogP contribution in [-0.2, 0) is 27.2 Å². The highest BCUT2D eigenvalue weighted by atomic mass is 32.2. The van der Waals surface area contributed by atoms with Crippen molar-refractivity contribution in [2.24, 2.45) is 5.92 Å². The predicted octanol–water partition coefficient (Wildman–Crippen LogP) is 4.06. The molecule has 2 amide bonds. The van der Waals surface area contributed by atoms with Gasteiger partial charge in [-0.1, -0.05) is 6.92 Å². The largest absolute Gasteiger partial charge is 0.462 e. The molecule has 2 aliphatic rings. The second-order valence-corrected chi connectivity index (χ2v) is 10.1. The molecule has 4 rings (SSSR count). The summed E-state index contributed by atoms with van der Waals surface area (Å²) in [7, 11) is 0. The number of ether oxygens (including phenoxy) is 1. The van der Waals surface area contributed by atoms with Crippen molar-refractivity contribution in [1.82, 2.24) is 0 Å². The topological polar surface area (TPSA) is 89.7 Å². The molecule has 1 aliphatic heterocycles. The molecule has 6 nitrogen and oxygen atoms in total. The van der Waals surface area contributed by atoms with E-state index in [2.05, 4.69) is 6.92 Å². The van der Waals surface area contributed by atoms with Gasteiger partial charge in [-0.2, -0.15) is 0 Å². The first kappa shape index (κ1) is 20.9. The van der Waals surface area contributed by atoms with Crippen LogP contribution in [0.3, 0.4) is 0 Å². The summed E-state index contributed by atoms with van der Waals surface area (Å²) in [5, 5.41) is -0.0859. The fourth-order valence-corrected chi connectivity index (χ4v) is 6.50. The fraction of sp³-hybridized carbons (Fsp3) is 0.409. The minimum atomic E-state index is -0.519. The molecule has 1 aromatic heterocycles. The van der Waals surface area contributed by atoms with Crippen molar-refractivity contribution in [2.75, 3.05) is 17.2 Å². The number of carbonyl (C=O) groups excluding carboxylic acids is 3. The lowest BCUT2D eigenvalue weighted by atomic mass is 9.88. The van der Waals surface area contributed by atoms with Gasteiger partial charge in [-0.25, -0.2) is 9.69 Å². The molecule has 0 bridgehead atoms. The summed E-state index contributed by atoms with van der Waals surface area (Å²) in [6.45, 7) is 4.18. The van der Waals surface area contributed by atoms with Crippen molar-refractivity contribution < 1.29 is 19.1 Å². The minimum Gasteiger partial charge on any atom is -0.462 e. The van der Waals surface area contributed by atoms with Crippen molar-refractivity contribution >= 4 is 51.6 Å². The van der Waals surface area contributed by atoms with E-state index in [0.29, 0.717) is 22.2 Å². The lowest BCUT2D eigenvalue weighted by Gasteiger charge is -2.18. The zero-order valence-electron chi connectivity index (χ0n) is 17.0. The van der Waals surface area contributed by atoms with Crippen LogP contribution in [0.1, 0.15) is 47.5 Å². The Morgan fingerprint density at radius 3 is 2.70 bits per heavy atom. The number of carbonyl (C=O) groups is 3. The first-order chi connectivity index (χ1) is 14.4. The number of hydrogen-bond donors (Lipinski definition) is 1. The highest BCUT2D eigenvalue weighted by Crippen LogP contribution is 2.44. The summed E-state index contributed by atoms with van der Waals surface area (Å²) in [4.78, 5) is 42.0. The van der Waals surface area contributed by atoms with Crippen LogP contribution in [0.15, 0.2) is 29.2 Å². The Morgan fingerprint density at radius 2 is 2.00 bits per heavy atom. The van der Waals surface area contributed by atoms with Crippen molar-refractivity contribution in [3.05, 3.63) is 40.3 Å². The zero-order valence-corrected chi connectivity index (χ0v) is 18.6. The van der Waals surface area contributed by atoms with E-state index in [-0.39, 0.29) is 24.8 Å². The number of rotatable bonds is 5. The quantitative estimate of drug-likeness (QED) is 0.425. The molecular weight excluding hydrogens is 420 g/mol. The molecular formula is C22H24N2O4S2. The van der Waals surface area contributed by atoms with Crippen molar-refractivity contribution in [1.29, 1.82) is 0 Å². The van der Waals surface area contributed by atoms with Gasteiger partial charge in [-0.05, 0) is 61.9 Å². The van der Waals surface area contributed by atoms with E-state index in [1.807, 2.05) is 12.1 Å². The number of thioether (sulfide) groups is 1. The van der Waals surface area contributed by atoms with Crippen LogP contribution >= 0.6 is 23.1 Å². The smallest absolute Gasteiger partial charge is 0.341 e. The van der Waals surface area contributed by atoms with E-state index < -0.39 is 11.2 Å². The van der Waals surface area contributed by atoms with Crippen LogP contribution < -0.4 is 10.6 Å². The summed E-state index contributed by atoms with van der Waals surface area (Å²) in [6.07, 6.45) is 2.70. The van der Waals surface area contributed by atoms with Crippen LogP contribution in [-0.4, -0.2) is 29.6 Å². The van der Waals surface area contributed by atoms with E-state index in [0.717, 1.165) is 34.6 Å². The molecule has 0 spiro atoms. The van der Waals surface area contributed by atoms with Crippen molar-refractivity contribution in [2.45, 2.75) is 49.7 Å². The van der Waals surface area contributed by atoms with Crippen molar-refractivity contribution in [3.8, 4) is 0 Å². The van der Waals surface area contributed by atoms with Gasteiger partial charge in [0.1, 0.15) is 5.00 Å². The Balaban J connectivity index is 1.67. The maximum absolute atomic E-state index is 13.2. The number of nitrogen functional groups attached to an aromatic ring is 1. The number of benzene rings is 1. The molecule has 30 heavy (non-hydrogen) atoms. The number of hydrogen-bond acceptors (Lipinski definition) is 7. The second-order valence-electron chi connectivity index (χ2n) is 7.70. The number of esters is 1. The van der Waals surface area contributed by atoms with Gasteiger partial charge in [0.25, 0.3) is 0 Å². The predicted molar refractivity (Wildman–Crippen MR) is 119 cm³/mol. The Kier molecular flexibility index (Phi) is 5.88. The molecule has 1 fully saturated rings. The second kappa shape index (κ2) is 8.43. The number of fused-ring (bicyclic) bond motifs is 1. The third-order valence-electron chi connectivity index (χ3n) is 5.44. The van der Waals surface area contributed by atoms with Gasteiger partial charge in [0.05, 0.1) is 17.4 Å². The summed E-state index contributed by atoms with van der Waals surface area (Å²) in [5.41, 5.74) is 7.73. The minimum absolute atomic E-state index is 0.106. The highest BCUT2D eigenvalue weighted by molar-refractivity contribution is 8.00. The third-order valence-corrected chi connectivity index (χ3v) is 7.88. The normalized spacial score (nSPS) is 21.1. The molecule has 2 N–H and O–H groups in total. The molecule has 8 heteroatoms. The molecule has 1 saturated heterocycles. The maximum Gasteiger partial charge on any atom is 0.341 e. The number of anilines is 2. The lowest BCUT2D eigenvalue weighted by Crippen LogP contribution is -2.32. The molecule has 1 aromatic carbocycles. The Labute approximate surface area is 183 Å². The van der Waals surface area contributed by atoms with Gasteiger partial charge in [-0.15, -0.1) is 23.1 Å².